The Hall–Kier alpha value is -3.56. The van der Waals surface area contributed by atoms with E-state index in [9.17, 15) is 14.7 Å². The highest BCUT2D eigenvalue weighted by atomic mass is 35.5. The van der Waals surface area contributed by atoms with Gasteiger partial charge in [-0.3, -0.25) is 14.1 Å². The van der Waals surface area contributed by atoms with Crippen molar-refractivity contribution in [3.8, 4) is 16.3 Å². The first-order chi connectivity index (χ1) is 17.9. The third-order valence-electron chi connectivity index (χ3n) is 6.88. The van der Waals surface area contributed by atoms with Crippen LogP contribution in [0.25, 0.3) is 16.2 Å². The fourth-order valence-electron chi connectivity index (χ4n) is 5.15. The van der Waals surface area contributed by atoms with Gasteiger partial charge in [0.1, 0.15) is 22.4 Å². The van der Waals surface area contributed by atoms with Crippen LogP contribution in [0.3, 0.4) is 0 Å². The normalized spacial score (nSPS) is 15.3. The predicted molar refractivity (Wildman–Crippen MR) is 148 cm³/mol. The van der Waals surface area contributed by atoms with Crippen molar-refractivity contribution in [2.75, 3.05) is 0 Å². The van der Waals surface area contributed by atoms with Crippen molar-refractivity contribution < 1.29 is 19.4 Å². The molecule has 1 fully saturated rings. The summed E-state index contributed by atoms with van der Waals surface area (Å²) in [6, 6.07) is 13.1. The van der Waals surface area contributed by atoms with Gasteiger partial charge in [-0.15, -0.1) is 11.3 Å². The van der Waals surface area contributed by atoms with Crippen LogP contribution in [-0.2, 0) is 5.54 Å². The number of hydrogen-bond donors (Lipinski definition) is 2. The number of carbonyl (C=O) groups is 2. The lowest BCUT2D eigenvalue weighted by atomic mass is 9.95. The van der Waals surface area contributed by atoms with Gasteiger partial charge in [-0.2, -0.15) is 0 Å². The van der Waals surface area contributed by atoms with Crippen molar-refractivity contribution in [1.29, 1.82) is 0 Å². The number of imidazole rings is 1. The van der Waals surface area contributed by atoms with E-state index < -0.39 is 29.2 Å². The molecule has 1 aliphatic carbocycles. The van der Waals surface area contributed by atoms with Gasteiger partial charge in [0.25, 0.3) is 5.91 Å². The summed E-state index contributed by atoms with van der Waals surface area (Å²) in [5.74, 6) is -0.204. The Morgan fingerprint density at radius 1 is 1.24 bits per heavy atom. The SMILES string of the molecule is C[C@@H](Oc1cc(-c2cnc3ccccn23)sc1C(N)=O)c1ccc(C2(N(C(=O)O)C(C)(C)C)CC2)cc1Cl. The predicted octanol–water partition coefficient (Wildman–Crippen LogP) is 6.72. The number of nitrogens with zero attached hydrogens (tertiary/aromatic N) is 3. The lowest BCUT2D eigenvalue weighted by molar-refractivity contribution is 0.0594. The number of nitrogens with two attached hydrogens (primary N) is 1. The van der Waals surface area contributed by atoms with E-state index in [2.05, 4.69) is 4.98 Å². The summed E-state index contributed by atoms with van der Waals surface area (Å²) < 4.78 is 8.17. The van der Waals surface area contributed by atoms with Crippen LogP contribution in [0.1, 0.15) is 67.4 Å². The largest absolute Gasteiger partial charge is 0.484 e. The molecule has 4 aromatic rings. The van der Waals surface area contributed by atoms with Crippen LogP contribution in [0.5, 0.6) is 5.75 Å². The highest BCUT2D eigenvalue weighted by Gasteiger charge is 2.55. The van der Waals surface area contributed by atoms with E-state index in [1.807, 2.05) is 74.7 Å². The molecule has 0 saturated heterocycles. The number of carbonyl (C=O) groups excluding carboxylic acids is 1. The maximum atomic E-state index is 12.3. The van der Waals surface area contributed by atoms with Gasteiger partial charge in [-0.05, 0) is 64.3 Å². The van der Waals surface area contributed by atoms with Crippen LogP contribution in [0.15, 0.2) is 54.9 Å². The average Bonchev–Trinajstić information content (AvgIpc) is 3.31. The minimum atomic E-state index is -0.954. The molecule has 0 radical (unpaired) electrons. The summed E-state index contributed by atoms with van der Waals surface area (Å²) in [7, 11) is 0. The summed E-state index contributed by atoms with van der Waals surface area (Å²) in [4.78, 5) is 31.5. The lowest BCUT2D eigenvalue weighted by Crippen LogP contribution is -2.51. The molecule has 198 valence electrons. The molecule has 1 atom stereocenters. The number of rotatable bonds is 7. The second kappa shape index (κ2) is 9.32. The topological polar surface area (TPSA) is 110 Å². The zero-order valence-electron chi connectivity index (χ0n) is 21.6. The van der Waals surface area contributed by atoms with Crippen LogP contribution in [0.4, 0.5) is 4.79 Å². The number of fused-ring (bicyclic) bond motifs is 1. The Bertz CT molecular complexity index is 1550. The Kier molecular flexibility index (Phi) is 6.39. The third kappa shape index (κ3) is 4.50. The molecule has 38 heavy (non-hydrogen) atoms. The zero-order chi connectivity index (χ0) is 27.4. The van der Waals surface area contributed by atoms with Crippen LogP contribution in [-0.4, -0.2) is 36.9 Å². The van der Waals surface area contributed by atoms with Crippen molar-refractivity contribution in [1.82, 2.24) is 14.3 Å². The van der Waals surface area contributed by atoms with Gasteiger partial charge in [-0.25, -0.2) is 9.78 Å². The third-order valence-corrected chi connectivity index (χ3v) is 8.37. The number of aromatic nitrogens is 2. The molecule has 1 saturated carbocycles. The van der Waals surface area contributed by atoms with Crippen LogP contribution < -0.4 is 10.5 Å². The number of thiophene rings is 1. The van der Waals surface area contributed by atoms with Crippen molar-refractivity contribution in [2.45, 2.75) is 57.7 Å². The number of primary amides is 1. The number of pyridine rings is 1. The molecule has 8 nitrogen and oxygen atoms in total. The summed E-state index contributed by atoms with van der Waals surface area (Å²) in [6.07, 6.45) is 3.68. The highest BCUT2D eigenvalue weighted by Crippen LogP contribution is 2.54. The fourth-order valence-corrected chi connectivity index (χ4v) is 6.43. The molecule has 0 unspecified atom stereocenters. The Labute approximate surface area is 229 Å². The molecule has 5 rings (SSSR count). The summed E-state index contributed by atoms with van der Waals surface area (Å²) in [5.41, 5.74) is 7.74. The van der Waals surface area contributed by atoms with E-state index in [0.717, 1.165) is 40.2 Å². The number of benzene rings is 1. The van der Waals surface area contributed by atoms with E-state index in [0.29, 0.717) is 15.6 Å². The minimum Gasteiger partial charge on any atom is -0.484 e. The van der Waals surface area contributed by atoms with Crippen molar-refractivity contribution in [2.24, 2.45) is 5.73 Å². The van der Waals surface area contributed by atoms with Gasteiger partial charge in [0.2, 0.25) is 0 Å². The molecule has 3 N–H and O–H groups in total. The van der Waals surface area contributed by atoms with E-state index in [4.69, 9.17) is 22.1 Å². The Morgan fingerprint density at radius 2 is 1.97 bits per heavy atom. The number of carboxylic acid groups (broad SMARTS) is 1. The number of amides is 2. The van der Waals surface area contributed by atoms with E-state index >= 15 is 0 Å². The lowest BCUT2D eigenvalue weighted by Gasteiger charge is -2.40. The quantitative estimate of drug-likeness (QED) is 0.264. The smallest absolute Gasteiger partial charge is 0.408 e. The highest BCUT2D eigenvalue weighted by molar-refractivity contribution is 7.17. The van der Waals surface area contributed by atoms with Crippen LogP contribution in [0.2, 0.25) is 5.02 Å². The van der Waals surface area contributed by atoms with Gasteiger partial charge in [0.15, 0.2) is 0 Å². The first kappa shape index (κ1) is 26.1. The molecule has 0 spiro atoms. The zero-order valence-corrected chi connectivity index (χ0v) is 23.1. The molecular weight excluding hydrogens is 524 g/mol. The molecule has 3 heterocycles. The van der Waals surface area contributed by atoms with Gasteiger partial charge >= 0.3 is 6.09 Å². The number of hydrogen-bond acceptors (Lipinski definition) is 5. The Balaban J connectivity index is 1.44. The fraction of sp³-hybridized carbons (Fsp3) is 0.321. The summed E-state index contributed by atoms with van der Waals surface area (Å²) in [6.45, 7) is 7.53. The molecule has 3 aromatic heterocycles. The minimum absolute atomic E-state index is 0.310. The monoisotopic (exact) mass is 552 g/mol. The maximum Gasteiger partial charge on any atom is 0.408 e. The summed E-state index contributed by atoms with van der Waals surface area (Å²) in [5, 5.41) is 10.4. The molecule has 0 aliphatic heterocycles. The molecule has 1 aromatic carbocycles. The Morgan fingerprint density at radius 3 is 2.58 bits per heavy atom. The standard InChI is InChI=1S/C28H29ClN4O4S/c1-16(18-9-8-17(13-19(18)29)28(10-11-28)33(26(35)36)27(2,3)4)37-21-14-22(38-24(21)25(30)34)20-15-31-23-7-5-6-12-32(20)23/h5-9,12-16H,10-11H2,1-4H3,(H2,30,34)(H,35,36)/t16-/m1/s1. The second-order valence-corrected chi connectivity index (χ2v) is 12.0. The summed E-state index contributed by atoms with van der Waals surface area (Å²) >= 11 is 7.98. The molecule has 10 heteroatoms. The van der Waals surface area contributed by atoms with E-state index in [1.165, 1.54) is 16.2 Å². The molecule has 2 amide bonds. The number of ether oxygens (including phenoxy) is 1. The van der Waals surface area contributed by atoms with Crippen LogP contribution >= 0.6 is 22.9 Å². The molecular formula is C28H29ClN4O4S. The molecule has 0 bridgehead atoms. The van der Waals surface area contributed by atoms with E-state index in [-0.39, 0.29) is 0 Å². The average molecular weight is 553 g/mol. The van der Waals surface area contributed by atoms with Crippen molar-refractivity contribution in [3.05, 3.63) is 75.9 Å². The first-order valence-corrected chi connectivity index (χ1v) is 13.5. The van der Waals surface area contributed by atoms with Crippen LogP contribution in [0, 0.1) is 0 Å². The van der Waals surface area contributed by atoms with Gasteiger partial charge in [0, 0.05) is 28.4 Å². The van der Waals surface area contributed by atoms with E-state index in [1.54, 1.807) is 12.3 Å². The van der Waals surface area contributed by atoms with Gasteiger partial charge in [-0.1, -0.05) is 29.8 Å². The first-order valence-electron chi connectivity index (χ1n) is 12.3. The second-order valence-electron chi connectivity index (χ2n) is 10.6. The van der Waals surface area contributed by atoms with Crippen molar-refractivity contribution >= 4 is 40.6 Å². The maximum absolute atomic E-state index is 12.3. The number of halogens is 1. The van der Waals surface area contributed by atoms with Crippen molar-refractivity contribution in [3.63, 3.8) is 0 Å². The molecule has 1 aliphatic rings. The van der Waals surface area contributed by atoms with Gasteiger partial charge in [0.05, 0.1) is 22.3 Å². The van der Waals surface area contributed by atoms with Gasteiger partial charge < -0.3 is 15.6 Å².